The zero-order chi connectivity index (χ0) is 9.36. The average molecular weight is 183 g/mol. The molecule has 0 heterocycles. The van der Waals surface area contributed by atoms with E-state index in [9.17, 15) is 0 Å². The quantitative estimate of drug-likeness (QED) is 0.603. The molecule has 1 radical (unpaired) electrons. The SMILES string of the molecule is CC[CH]COC1CCCCCCC1. The molecule has 0 N–H and O–H groups in total. The molecule has 1 fully saturated rings. The summed E-state index contributed by atoms with van der Waals surface area (Å²) in [5.74, 6) is 0. The zero-order valence-electron chi connectivity index (χ0n) is 8.93. The van der Waals surface area contributed by atoms with Crippen molar-refractivity contribution in [3.63, 3.8) is 0 Å². The van der Waals surface area contributed by atoms with Crippen molar-refractivity contribution in [1.82, 2.24) is 0 Å². The lowest BCUT2D eigenvalue weighted by Crippen LogP contribution is -2.15. The van der Waals surface area contributed by atoms with Crippen molar-refractivity contribution in [2.75, 3.05) is 6.61 Å². The van der Waals surface area contributed by atoms with Crippen LogP contribution >= 0.6 is 0 Å². The lowest BCUT2D eigenvalue weighted by Gasteiger charge is -2.19. The van der Waals surface area contributed by atoms with Gasteiger partial charge in [-0.25, -0.2) is 0 Å². The highest BCUT2D eigenvalue weighted by atomic mass is 16.5. The van der Waals surface area contributed by atoms with E-state index in [2.05, 4.69) is 13.3 Å². The Hall–Kier alpha value is -0.0400. The van der Waals surface area contributed by atoms with Crippen LogP contribution in [-0.2, 0) is 4.74 Å². The summed E-state index contributed by atoms with van der Waals surface area (Å²) in [7, 11) is 0. The van der Waals surface area contributed by atoms with Crippen LogP contribution in [-0.4, -0.2) is 12.7 Å². The van der Waals surface area contributed by atoms with E-state index in [4.69, 9.17) is 4.74 Å². The second-order valence-corrected chi connectivity index (χ2v) is 4.00. The molecule has 0 aliphatic heterocycles. The minimum Gasteiger partial charge on any atom is -0.378 e. The molecule has 0 amide bonds. The van der Waals surface area contributed by atoms with Gasteiger partial charge in [0.1, 0.15) is 0 Å². The third-order valence-electron chi connectivity index (χ3n) is 2.79. The summed E-state index contributed by atoms with van der Waals surface area (Å²) < 4.78 is 5.80. The van der Waals surface area contributed by atoms with Gasteiger partial charge in [0.05, 0.1) is 12.7 Å². The Balaban J connectivity index is 2.06. The summed E-state index contributed by atoms with van der Waals surface area (Å²) in [6, 6.07) is 0. The maximum absolute atomic E-state index is 5.80. The maximum atomic E-state index is 5.80. The van der Waals surface area contributed by atoms with Crippen molar-refractivity contribution in [2.45, 2.75) is 64.4 Å². The Morgan fingerprint density at radius 1 is 1.08 bits per heavy atom. The van der Waals surface area contributed by atoms with Gasteiger partial charge in [-0.1, -0.05) is 45.4 Å². The summed E-state index contributed by atoms with van der Waals surface area (Å²) >= 11 is 0. The van der Waals surface area contributed by atoms with Crippen LogP contribution in [0, 0.1) is 6.42 Å². The molecule has 0 aromatic heterocycles. The van der Waals surface area contributed by atoms with Gasteiger partial charge >= 0.3 is 0 Å². The Labute approximate surface area is 82.9 Å². The van der Waals surface area contributed by atoms with Gasteiger partial charge in [-0.05, 0) is 19.3 Å². The first-order valence-electron chi connectivity index (χ1n) is 5.86. The van der Waals surface area contributed by atoms with E-state index in [0.29, 0.717) is 6.10 Å². The monoisotopic (exact) mass is 183 g/mol. The van der Waals surface area contributed by atoms with Gasteiger partial charge in [-0.3, -0.25) is 0 Å². The third-order valence-corrected chi connectivity index (χ3v) is 2.79. The fraction of sp³-hybridized carbons (Fsp3) is 0.917. The highest BCUT2D eigenvalue weighted by Gasteiger charge is 2.10. The van der Waals surface area contributed by atoms with Crippen LogP contribution in [0.1, 0.15) is 58.3 Å². The van der Waals surface area contributed by atoms with Crippen molar-refractivity contribution in [2.24, 2.45) is 0 Å². The predicted molar refractivity (Wildman–Crippen MR) is 56.7 cm³/mol. The van der Waals surface area contributed by atoms with Gasteiger partial charge < -0.3 is 4.74 Å². The van der Waals surface area contributed by atoms with Crippen molar-refractivity contribution in [3.05, 3.63) is 6.42 Å². The van der Waals surface area contributed by atoms with E-state index in [1.54, 1.807) is 0 Å². The molecule has 1 rings (SSSR count). The van der Waals surface area contributed by atoms with E-state index in [-0.39, 0.29) is 0 Å². The summed E-state index contributed by atoms with van der Waals surface area (Å²) in [5, 5.41) is 0. The van der Waals surface area contributed by atoms with Crippen LogP contribution in [0.25, 0.3) is 0 Å². The second-order valence-electron chi connectivity index (χ2n) is 4.00. The highest BCUT2D eigenvalue weighted by molar-refractivity contribution is 4.66. The van der Waals surface area contributed by atoms with Crippen LogP contribution in [0.3, 0.4) is 0 Å². The second kappa shape index (κ2) is 7.37. The largest absolute Gasteiger partial charge is 0.378 e. The van der Waals surface area contributed by atoms with Gasteiger partial charge in [-0.2, -0.15) is 0 Å². The molecule has 0 unspecified atom stereocenters. The molecule has 0 aromatic rings. The Morgan fingerprint density at radius 3 is 2.31 bits per heavy atom. The molecule has 0 aromatic carbocycles. The van der Waals surface area contributed by atoms with E-state index in [0.717, 1.165) is 13.0 Å². The Bertz CT molecular complexity index is 104. The summed E-state index contributed by atoms with van der Waals surface area (Å²) in [4.78, 5) is 0. The average Bonchev–Trinajstić information content (AvgIpc) is 2.08. The molecule has 1 aliphatic carbocycles. The predicted octanol–water partition coefficient (Wildman–Crippen LogP) is 3.73. The number of rotatable bonds is 4. The molecular weight excluding hydrogens is 160 g/mol. The molecule has 0 spiro atoms. The maximum Gasteiger partial charge on any atom is 0.0575 e. The van der Waals surface area contributed by atoms with Crippen molar-refractivity contribution in [3.8, 4) is 0 Å². The summed E-state index contributed by atoms with van der Waals surface area (Å²) in [6.45, 7) is 3.03. The molecule has 0 saturated heterocycles. The molecule has 1 nitrogen and oxygen atoms in total. The van der Waals surface area contributed by atoms with Gasteiger partial charge in [0, 0.05) is 0 Å². The molecule has 77 valence electrons. The Morgan fingerprint density at radius 2 is 1.69 bits per heavy atom. The highest BCUT2D eigenvalue weighted by Crippen LogP contribution is 2.19. The molecule has 1 saturated carbocycles. The van der Waals surface area contributed by atoms with E-state index in [1.807, 2.05) is 0 Å². The fourth-order valence-corrected chi connectivity index (χ4v) is 1.91. The lowest BCUT2D eigenvalue weighted by atomic mass is 9.98. The first-order valence-corrected chi connectivity index (χ1v) is 5.86. The van der Waals surface area contributed by atoms with Crippen molar-refractivity contribution < 1.29 is 4.74 Å². The molecule has 13 heavy (non-hydrogen) atoms. The number of ether oxygens (including phenoxy) is 1. The van der Waals surface area contributed by atoms with Gasteiger partial charge in [0.25, 0.3) is 0 Å². The van der Waals surface area contributed by atoms with Crippen LogP contribution in [0.2, 0.25) is 0 Å². The normalized spacial score (nSPS) is 21.0. The van der Waals surface area contributed by atoms with Gasteiger partial charge in [0.15, 0.2) is 0 Å². The molecule has 0 bridgehead atoms. The summed E-state index contributed by atoms with van der Waals surface area (Å²) in [6.07, 6.45) is 13.5. The van der Waals surface area contributed by atoms with Crippen LogP contribution in [0.5, 0.6) is 0 Å². The molecule has 1 aliphatic rings. The van der Waals surface area contributed by atoms with Crippen LogP contribution in [0.15, 0.2) is 0 Å². The topological polar surface area (TPSA) is 9.23 Å². The van der Waals surface area contributed by atoms with Crippen molar-refractivity contribution in [1.29, 1.82) is 0 Å². The van der Waals surface area contributed by atoms with E-state index in [1.165, 1.54) is 44.9 Å². The van der Waals surface area contributed by atoms with Crippen LogP contribution in [0.4, 0.5) is 0 Å². The summed E-state index contributed by atoms with van der Waals surface area (Å²) in [5.41, 5.74) is 0. The van der Waals surface area contributed by atoms with Gasteiger partial charge in [-0.15, -0.1) is 0 Å². The van der Waals surface area contributed by atoms with Crippen molar-refractivity contribution >= 4 is 0 Å². The fourth-order valence-electron chi connectivity index (χ4n) is 1.91. The standard InChI is InChI=1S/C12H23O/c1-2-3-11-13-12-9-7-5-4-6-8-10-12/h3,12H,2,4-11H2,1H3. The van der Waals surface area contributed by atoms with Crippen LogP contribution < -0.4 is 0 Å². The molecule has 0 atom stereocenters. The first-order chi connectivity index (χ1) is 6.43. The molecular formula is C12H23O. The number of unbranched alkanes of at least 4 members (excludes halogenated alkanes) is 1. The third kappa shape index (κ3) is 5.30. The van der Waals surface area contributed by atoms with E-state index >= 15 is 0 Å². The minimum absolute atomic E-state index is 0.558. The lowest BCUT2D eigenvalue weighted by molar-refractivity contribution is 0.0479. The van der Waals surface area contributed by atoms with Gasteiger partial charge in [0.2, 0.25) is 0 Å². The number of hydrogen-bond donors (Lipinski definition) is 0. The first kappa shape index (κ1) is 11.0. The molecule has 1 heteroatoms. The smallest absolute Gasteiger partial charge is 0.0575 e. The van der Waals surface area contributed by atoms with E-state index < -0.39 is 0 Å². The zero-order valence-corrected chi connectivity index (χ0v) is 8.93. The minimum atomic E-state index is 0.558. The Kier molecular flexibility index (Phi) is 6.26. The number of hydrogen-bond acceptors (Lipinski definition) is 1.